The number of piperidine rings is 1. The summed E-state index contributed by atoms with van der Waals surface area (Å²) in [6.45, 7) is 4.12. The predicted octanol–water partition coefficient (Wildman–Crippen LogP) is 5.37. The molecule has 0 radical (unpaired) electrons. The molecule has 1 saturated heterocycles. The maximum Gasteiger partial charge on any atom is 0.184 e. The maximum absolute atomic E-state index is 12.6. The van der Waals surface area contributed by atoms with E-state index < -0.39 is 9.84 Å². The molecule has 0 N–H and O–H groups in total. The third-order valence-corrected chi connectivity index (χ3v) is 8.54. The van der Waals surface area contributed by atoms with E-state index in [1.807, 2.05) is 6.07 Å². The lowest BCUT2D eigenvalue weighted by Crippen LogP contribution is -2.39. The van der Waals surface area contributed by atoms with Crippen molar-refractivity contribution in [2.24, 2.45) is 0 Å². The minimum absolute atomic E-state index is 0.0644. The summed E-state index contributed by atoms with van der Waals surface area (Å²) in [5.74, 6) is 0.406. The first kappa shape index (κ1) is 22.3. The standard InChI is InChI=1S/C23H25ClN2O3S2/c1-17(18-5-3-2-4-6-18)26-12-9-19(10-13-26)29-22-8-7-20(15-21(22)24)31(27,28)16-23-25-11-14-30-23/h2-8,11,14-15,17,19H,9-10,12-13,16H2,1H3. The Morgan fingerprint density at radius 2 is 1.94 bits per heavy atom. The Labute approximate surface area is 192 Å². The van der Waals surface area contributed by atoms with Gasteiger partial charge in [-0.1, -0.05) is 41.9 Å². The number of nitrogens with zero attached hydrogens (tertiary/aromatic N) is 2. The second-order valence-electron chi connectivity index (χ2n) is 7.72. The fraction of sp³-hybridized carbons (Fsp3) is 0.348. The number of sulfone groups is 1. The molecular formula is C23H25ClN2O3S2. The Hall–Kier alpha value is -1.93. The van der Waals surface area contributed by atoms with Crippen LogP contribution in [0.15, 0.2) is 65.0 Å². The summed E-state index contributed by atoms with van der Waals surface area (Å²) < 4.78 is 31.4. The minimum Gasteiger partial charge on any atom is -0.489 e. The minimum atomic E-state index is -3.50. The molecule has 1 fully saturated rings. The van der Waals surface area contributed by atoms with Crippen molar-refractivity contribution in [3.63, 3.8) is 0 Å². The van der Waals surface area contributed by atoms with Gasteiger partial charge in [-0.05, 0) is 43.5 Å². The lowest BCUT2D eigenvalue weighted by Gasteiger charge is -2.36. The van der Waals surface area contributed by atoms with Gasteiger partial charge in [0.2, 0.25) is 0 Å². The van der Waals surface area contributed by atoms with Gasteiger partial charge in [-0.15, -0.1) is 11.3 Å². The molecule has 1 aliphatic rings. The Bertz CT molecular complexity index is 1100. The van der Waals surface area contributed by atoms with Crippen molar-refractivity contribution < 1.29 is 13.2 Å². The van der Waals surface area contributed by atoms with E-state index in [1.54, 1.807) is 23.7 Å². The molecule has 2 heterocycles. The normalized spacial score (nSPS) is 16.8. The third kappa shape index (κ3) is 5.47. The van der Waals surface area contributed by atoms with E-state index >= 15 is 0 Å². The quantitative estimate of drug-likeness (QED) is 0.458. The van der Waals surface area contributed by atoms with E-state index in [2.05, 4.69) is 41.1 Å². The van der Waals surface area contributed by atoms with E-state index in [1.165, 1.54) is 23.0 Å². The first-order valence-electron chi connectivity index (χ1n) is 10.3. The van der Waals surface area contributed by atoms with Crippen LogP contribution in [0.1, 0.15) is 36.4 Å². The first-order chi connectivity index (χ1) is 14.9. The summed E-state index contributed by atoms with van der Waals surface area (Å²) in [5, 5.41) is 2.65. The monoisotopic (exact) mass is 476 g/mol. The first-order valence-corrected chi connectivity index (χ1v) is 13.2. The summed E-state index contributed by atoms with van der Waals surface area (Å²) in [4.78, 5) is 6.71. The summed E-state index contributed by atoms with van der Waals surface area (Å²) in [6, 6.07) is 15.6. The van der Waals surface area contributed by atoms with E-state index in [4.69, 9.17) is 16.3 Å². The molecule has 4 rings (SSSR count). The van der Waals surface area contributed by atoms with Gasteiger partial charge in [0.1, 0.15) is 22.6 Å². The largest absolute Gasteiger partial charge is 0.489 e. The molecule has 0 amide bonds. The van der Waals surface area contributed by atoms with Gasteiger partial charge in [0.05, 0.1) is 9.92 Å². The van der Waals surface area contributed by atoms with E-state index in [9.17, 15) is 8.42 Å². The van der Waals surface area contributed by atoms with Crippen molar-refractivity contribution >= 4 is 32.8 Å². The zero-order valence-electron chi connectivity index (χ0n) is 17.3. The topological polar surface area (TPSA) is 59.5 Å². The van der Waals surface area contributed by atoms with E-state index in [-0.39, 0.29) is 16.8 Å². The second-order valence-corrected chi connectivity index (χ2v) is 11.1. The zero-order valence-corrected chi connectivity index (χ0v) is 19.7. The lowest BCUT2D eigenvalue weighted by atomic mass is 10.0. The lowest BCUT2D eigenvalue weighted by molar-refractivity contribution is 0.0797. The predicted molar refractivity (Wildman–Crippen MR) is 125 cm³/mol. The Kier molecular flexibility index (Phi) is 6.96. The highest BCUT2D eigenvalue weighted by molar-refractivity contribution is 7.90. The number of rotatable bonds is 7. The highest BCUT2D eigenvalue weighted by Gasteiger charge is 2.25. The Balaban J connectivity index is 1.36. The van der Waals surface area contributed by atoms with Crippen LogP contribution in [-0.2, 0) is 15.6 Å². The van der Waals surface area contributed by atoms with Crippen molar-refractivity contribution in [1.82, 2.24) is 9.88 Å². The number of hydrogen-bond acceptors (Lipinski definition) is 6. The van der Waals surface area contributed by atoms with Gasteiger partial charge >= 0.3 is 0 Å². The molecule has 1 aromatic heterocycles. The van der Waals surface area contributed by atoms with Crippen LogP contribution in [-0.4, -0.2) is 37.5 Å². The molecule has 0 bridgehead atoms. The molecule has 164 valence electrons. The summed E-state index contributed by atoms with van der Waals surface area (Å²) in [7, 11) is -3.50. The van der Waals surface area contributed by atoms with Crippen molar-refractivity contribution in [2.45, 2.75) is 42.6 Å². The molecule has 8 heteroatoms. The highest BCUT2D eigenvalue weighted by atomic mass is 35.5. The van der Waals surface area contributed by atoms with Crippen molar-refractivity contribution in [1.29, 1.82) is 0 Å². The highest BCUT2D eigenvalue weighted by Crippen LogP contribution is 2.32. The number of aromatic nitrogens is 1. The number of hydrogen-bond donors (Lipinski definition) is 0. The summed E-state index contributed by atoms with van der Waals surface area (Å²) in [6.07, 6.45) is 3.47. The summed E-state index contributed by atoms with van der Waals surface area (Å²) in [5.41, 5.74) is 1.32. The van der Waals surface area contributed by atoms with Gasteiger partial charge in [0, 0.05) is 30.7 Å². The third-order valence-electron chi connectivity index (χ3n) is 5.66. The summed E-state index contributed by atoms with van der Waals surface area (Å²) >= 11 is 7.71. The van der Waals surface area contributed by atoms with Crippen LogP contribution in [0.5, 0.6) is 5.75 Å². The number of likely N-dealkylation sites (tertiary alicyclic amines) is 1. The van der Waals surface area contributed by atoms with Crippen molar-refractivity contribution in [3.05, 3.63) is 75.7 Å². The van der Waals surface area contributed by atoms with Gasteiger partial charge < -0.3 is 4.74 Å². The molecule has 0 spiro atoms. The number of thiazole rings is 1. The van der Waals surface area contributed by atoms with Crippen LogP contribution in [0.2, 0.25) is 5.02 Å². The SMILES string of the molecule is CC(c1ccccc1)N1CCC(Oc2ccc(S(=O)(=O)Cc3nccs3)cc2Cl)CC1. The van der Waals surface area contributed by atoms with Crippen LogP contribution in [0, 0.1) is 0 Å². The van der Waals surface area contributed by atoms with Gasteiger partial charge in [-0.25, -0.2) is 13.4 Å². The molecule has 1 unspecified atom stereocenters. The molecule has 2 aromatic carbocycles. The maximum atomic E-state index is 12.6. The van der Waals surface area contributed by atoms with Crippen LogP contribution in [0.3, 0.4) is 0 Å². The fourth-order valence-corrected chi connectivity index (χ4v) is 6.41. The molecule has 0 saturated carbocycles. The van der Waals surface area contributed by atoms with Crippen LogP contribution in [0.25, 0.3) is 0 Å². The molecule has 5 nitrogen and oxygen atoms in total. The zero-order chi connectivity index (χ0) is 21.8. The molecule has 31 heavy (non-hydrogen) atoms. The molecular weight excluding hydrogens is 452 g/mol. The van der Waals surface area contributed by atoms with Gasteiger partial charge in [0.15, 0.2) is 9.84 Å². The Morgan fingerprint density at radius 1 is 1.19 bits per heavy atom. The number of halogens is 1. The molecule has 0 aliphatic carbocycles. The number of ether oxygens (including phenoxy) is 1. The van der Waals surface area contributed by atoms with Crippen LogP contribution >= 0.6 is 22.9 Å². The second kappa shape index (κ2) is 9.69. The average Bonchev–Trinajstić information content (AvgIpc) is 3.28. The van der Waals surface area contributed by atoms with Crippen molar-refractivity contribution in [2.75, 3.05) is 13.1 Å². The molecule has 3 aromatic rings. The fourth-order valence-electron chi connectivity index (χ4n) is 3.84. The molecule has 1 aliphatic heterocycles. The van der Waals surface area contributed by atoms with E-state index in [0.717, 1.165) is 25.9 Å². The molecule has 1 atom stereocenters. The van der Waals surface area contributed by atoms with Crippen LogP contribution in [0.4, 0.5) is 0 Å². The van der Waals surface area contributed by atoms with Crippen molar-refractivity contribution in [3.8, 4) is 5.75 Å². The number of benzene rings is 2. The Morgan fingerprint density at radius 3 is 2.58 bits per heavy atom. The van der Waals surface area contributed by atoms with Gasteiger partial charge in [-0.3, -0.25) is 4.90 Å². The average molecular weight is 477 g/mol. The van der Waals surface area contributed by atoms with Crippen LogP contribution < -0.4 is 4.74 Å². The smallest absolute Gasteiger partial charge is 0.184 e. The van der Waals surface area contributed by atoms with Gasteiger partial charge in [0.25, 0.3) is 0 Å². The van der Waals surface area contributed by atoms with Gasteiger partial charge in [-0.2, -0.15) is 0 Å². The van der Waals surface area contributed by atoms with E-state index in [0.29, 0.717) is 21.8 Å².